The molecule has 1 aromatic heterocycles. The Kier molecular flexibility index (Phi) is 5.36. The zero-order valence-corrected chi connectivity index (χ0v) is 17.8. The van der Waals surface area contributed by atoms with Gasteiger partial charge in [-0.3, -0.25) is 9.78 Å². The summed E-state index contributed by atoms with van der Waals surface area (Å²) in [6, 6.07) is 9.07. The molecule has 7 heteroatoms. The quantitative estimate of drug-likeness (QED) is 0.782. The highest BCUT2D eigenvalue weighted by Gasteiger charge is 2.35. The van der Waals surface area contributed by atoms with Crippen molar-refractivity contribution in [1.29, 1.82) is 0 Å². The number of pyridine rings is 1. The van der Waals surface area contributed by atoms with E-state index in [-0.39, 0.29) is 17.5 Å². The van der Waals surface area contributed by atoms with Gasteiger partial charge in [0.25, 0.3) is 5.91 Å². The van der Waals surface area contributed by atoms with Crippen molar-refractivity contribution in [2.75, 3.05) is 25.0 Å². The highest BCUT2D eigenvalue weighted by molar-refractivity contribution is 5.95. The average Bonchev–Trinajstić information content (AvgIpc) is 3.38. The van der Waals surface area contributed by atoms with E-state index in [2.05, 4.69) is 15.6 Å². The van der Waals surface area contributed by atoms with Crippen LogP contribution in [0.4, 0.5) is 10.5 Å². The number of nitrogens with zero attached hydrogens (tertiary/aromatic N) is 3. The Hall–Kier alpha value is -2.93. The minimum absolute atomic E-state index is 0.0791. The van der Waals surface area contributed by atoms with Crippen LogP contribution in [-0.2, 0) is 13.1 Å². The molecule has 0 radical (unpaired) electrons. The summed E-state index contributed by atoms with van der Waals surface area (Å²) in [5.74, 6) is 0.0791. The fourth-order valence-electron chi connectivity index (χ4n) is 5.14. The van der Waals surface area contributed by atoms with E-state index in [9.17, 15) is 9.59 Å². The minimum Gasteiger partial charge on any atom is -0.339 e. The second-order valence-electron chi connectivity index (χ2n) is 8.96. The number of anilines is 1. The Morgan fingerprint density at radius 1 is 0.935 bits per heavy atom. The molecule has 4 heterocycles. The smallest absolute Gasteiger partial charge is 0.322 e. The third-order valence-electron chi connectivity index (χ3n) is 6.96. The van der Waals surface area contributed by atoms with Gasteiger partial charge in [-0.15, -0.1) is 0 Å². The number of fused-ring (bicyclic) bond motifs is 1. The summed E-state index contributed by atoms with van der Waals surface area (Å²) in [6.45, 7) is 3.86. The lowest BCUT2D eigenvalue weighted by Crippen LogP contribution is -2.41. The number of urea groups is 1. The molecule has 0 saturated carbocycles. The molecular weight excluding hydrogens is 390 g/mol. The monoisotopic (exact) mass is 419 g/mol. The maximum Gasteiger partial charge on any atom is 0.322 e. The van der Waals surface area contributed by atoms with Crippen molar-refractivity contribution in [3.63, 3.8) is 0 Å². The van der Waals surface area contributed by atoms with Gasteiger partial charge >= 0.3 is 6.03 Å². The van der Waals surface area contributed by atoms with Crippen LogP contribution in [0.1, 0.15) is 53.6 Å². The van der Waals surface area contributed by atoms with E-state index in [1.807, 2.05) is 41.4 Å². The lowest BCUT2D eigenvalue weighted by Gasteiger charge is -2.28. The van der Waals surface area contributed by atoms with E-state index in [1.165, 1.54) is 12.8 Å². The Morgan fingerprint density at radius 2 is 1.74 bits per heavy atom. The minimum atomic E-state index is -0.142. The standard InChI is InChI=1S/C24H29N5O2/c30-22(28-13-2-9-24(10-14-28)8-1-11-26-24)18-3-5-21(6-4-18)27-23(31)29-16-19-7-12-25-15-20(19)17-29/h3-7,12,15,26H,1-2,8-11,13-14,16-17H2,(H,27,31). The van der Waals surface area contributed by atoms with Crippen LogP contribution >= 0.6 is 0 Å². The maximum atomic E-state index is 13.0. The van der Waals surface area contributed by atoms with E-state index < -0.39 is 0 Å². The summed E-state index contributed by atoms with van der Waals surface area (Å²) in [5.41, 5.74) is 3.84. The van der Waals surface area contributed by atoms with Crippen molar-refractivity contribution < 1.29 is 9.59 Å². The molecule has 2 aromatic rings. The van der Waals surface area contributed by atoms with Crippen LogP contribution in [0, 0.1) is 0 Å². The number of hydrogen-bond donors (Lipinski definition) is 2. The highest BCUT2D eigenvalue weighted by Crippen LogP contribution is 2.31. The number of carbonyl (C=O) groups excluding carboxylic acids is 2. The molecule has 162 valence electrons. The molecule has 1 aromatic carbocycles. The summed E-state index contributed by atoms with van der Waals surface area (Å²) in [7, 11) is 0. The SMILES string of the molecule is O=C(Nc1ccc(C(=O)N2CCCC3(CCCN3)CC2)cc1)N1Cc2ccncc2C1. The van der Waals surface area contributed by atoms with Gasteiger partial charge in [-0.25, -0.2) is 4.79 Å². The van der Waals surface area contributed by atoms with Crippen LogP contribution in [0.5, 0.6) is 0 Å². The molecular formula is C24H29N5O2. The molecule has 0 bridgehead atoms. The van der Waals surface area contributed by atoms with Gasteiger partial charge in [-0.05, 0) is 80.1 Å². The summed E-state index contributed by atoms with van der Waals surface area (Å²) in [6.07, 6.45) is 9.25. The fraction of sp³-hybridized carbons (Fsp3) is 0.458. The van der Waals surface area contributed by atoms with Crippen molar-refractivity contribution in [2.45, 2.75) is 50.7 Å². The lowest BCUT2D eigenvalue weighted by molar-refractivity contribution is 0.0758. The van der Waals surface area contributed by atoms with Crippen LogP contribution in [0.2, 0.25) is 0 Å². The normalized spacial score (nSPS) is 23.0. The number of nitrogens with one attached hydrogen (secondary N) is 2. The first-order valence-corrected chi connectivity index (χ1v) is 11.2. The Labute approximate surface area is 182 Å². The third-order valence-corrected chi connectivity index (χ3v) is 6.96. The number of benzene rings is 1. The van der Waals surface area contributed by atoms with Gasteiger partial charge in [-0.2, -0.15) is 0 Å². The summed E-state index contributed by atoms with van der Waals surface area (Å²) >= 11 is 0. The number of amides is 3. The molecule has 2 fully saturated rings. The van der Waals surface area contributed by atoms with Crippen molar-refractivity contribution in [2.24, 2.45) is 0 Å². The van der Waals surface area contributed by atoms with Crippen LogP contribution < -0.4 is 10.6 Å². The van der Waals surface area contributed by atoms with Crippen molar-refractivity contribution >= 4 is 17.6 Å². The molecule has 7 nitrogen and oxygen atoms in total. The number of rotatable bonds is 2. The Morgan fingerprint density at radius 3 is 2.52 bits per heavy atom. The molecule has 2 N–H and O–H groups in total. The zero-order valence-electron chi connectivity index (χ0n) is 17.8. The van der Waals surface area contributed by atoms with E-state index in [0.29, 0.717) is 24.3 Å². The van der Waals surface area contributed by atoms with Gasteiger partial charge in [0.05, 0.1) is 0 Å². The van der Waals surface area contributed by atoms with Crippen molar-refractivity contribution in [3.8, 4) is 0 Å². The second kappa shape index (κ2) is 8.30. The summed E-state index contributed by atoms with van der Waals surface area (Å²) in [5, 5.41) is 6.62. The predicted octanol–water partition coefficient (Wildman–Crippen LogP) is 3.38. The van der Waals surface area contributed by atoms with E-state index >= 15 is 0 Å². The number of aromatic nitrogens is 1. The zero-order chi connectivity index (χ0) is 21.3. The van der Waals surface area contributed by atoms with Gasteiger partial charge in [0.15, 0.2) is 0 Å². The van der Waals surface area contributed by atoms with Gasteiger partial charge in [-0.1, -0.05) is 0 Å². The van der Waals surface area contributed by atoms with E-state index in [4.69, 9.17) is 0 Å². The molecule has 5 rings (SSSR count). The number of hydrogen-bond acceptors (Lipinski definition) is 4. The van der Waals surface area contributed by atoms with E-state index in [0.717, 1.165) is 50.0 Å². The molecule has 1 unspecified atom stereocenters. The average molecular weight is 420 g/mol. The van der Waals surface area contributed by atoms with Crippen LogP contribution in [0.3, 0.4) is 0 Å². The van der Waals surface area contributed by atoms with Gasteiger partial charge in [0.2, 0.25) is 0 Å². The van der Waals surface area contributed by atoms with Gasteiger partial charge < -0.3 is 20.4 Å². The van der Waals surface area contributed by atoms with E-state index in [1.54, 1.807) is 11.1 Å². The molecule has 1 atom stereocenters. The van der Waals surface area contributed by atoms with Crippen molar-refractivity contribution in [1.82, 2.24) is 20.1 Å². The molecule has 3 aliphatic heterocycles. The first-order valence-electron chi connectivity index (χ1n) is 11.2. The summed E-state index contributed by atoms with van der Waals surface area (Å²) < 4.78 is 0. The first kappa shape index (κ1) is 20.0. The Balaban J connectivity index is 1.18. The maximum absolute atomic E-state index is 13.0. The Bertz CT molecular complexity index is 943. The molecule has 3 aliphatic rings. The molecule has 1 spiro atoms. The number of likely N-dealkylation sites (tertiary alicyclic amines) is 1. The third kappa shape index (κ3) is 4.14. The van der Waals surface area contributed by atoms with Crippen molar-refractivity contribution in [3.05, 3.63) is 59.4 Å². The van der Waals surface area contributed by atoms with Crippen LogP contribution in [-0.4, -0.2) is 51.9 Å². The fourth-order valence-corrected chi connectivity index (χ4v) is 5.14. The van der Waals surface area contributed by atoms with Crippen LogP contribution in [0.25, 0.3) is 0 Å². The molecule has 31 heavy (non-hydrogen) atoms. The van der Waals surface area contributed by atoms with Gasteiger partial charge in [0, 0.05) is 55.4 Å². The largest absolute Gasteiger partial charge is 0.339 e. The van der Waals surface area contributed by atoms with Crippen LogP contribution in [0.15, 0.2) is 42.7 Å². The molecule has 0 aliphatic carbocycles. The van der Waals surface area contributed by atoms with Gasteiger partial charge in [0.1, 0.15) is 0 Å². The number of carbonyl (C=O) groups is 2. The highest BCUT2D eigenvalue weighted by atomic mass is 16.2. The lowest BCUT2D eigenvalue weighted by atomic mass is 9.89. The molecule has 2 saturated heterocycles. The topological polar surface area (TPSA) is 77.6 Å². The predicted molar refractivity (Wildman–Crippen MR) is 119 cm³/mol. The first-order chi connectivity index (χ1) is 15.1. The summed E-state index contributed by atoms with van der Waals surface area (Å²) in [4.78, 5) is 33.5. The molecule has 3 amide bonds. The second-order valence-corrected chi connectivity index (χ2v) is 8.96.